The van der Waals surface area contributed by atoms with Gasteiger partial charge in [0, 0.05) is 13.2 Å². The summed E-state index contributed by atoms with van der Waals surface area (Å²) in [6, 6.07) is 23.7. The van der Waals surface area contributed by atoms with Gasteiger partial charge in [-0.25, -0.2) is 23.1 Å². The van der Waals surface area contributed by atoms with Gasteiger partial charge in [-0.2, -0.15) is 0 Å². The molecule has 0 radical (unpaired) electrons. The highest BCUT2D eigenvalue weighted by Gasteiger charge is 2.55. The number of imide groups is 1. The van der Waals surface area contributed by atoms with Crippen LogP contribution in [0.25, 0.3) is 0 Å². The fourth-order valence-corrected chi connectivity index (χ4v) is 12.3. The van der Waals surface area contributed by atoms with Crippen LogP contribution in [-0.4, -0.2) is 72.8 Å². The van der Waals surface area contributed by atoms with E-state index in [1.54, 1.807) is 24.3 Å². The highest BCUT2D eigenvalue weighted by molar-refractivity contribution is 7.90. The Bertz CT molecular complexity index is 2940. The molecule has 13 nitrogen and oxygen atoms in total. The van der Waals surface area contributed by atoms with Gasteiger partial charge in [0.1, 0.15) is 4.90 Å². The third-order valence-corrected chi connectivity index (χ3v) is 17.3. The number of aliphatic imine (C=N–C) groups is 1. The molecule has 79 heavy (non-hydrogen) atoms. The van der Waals surface area contributed by atoms with Gasteiger partial charge < -0.3 is 24.3 Å². The smallest absolute Gasteiger partial charge is 0.418 e. The maximum Gasteiger partial charge on any atom is 0.418 e. The molecule has 6 rings (SSSR count). The number of carbonyl (C=O) groups excluding carboxylic acids is 3. The van der Waals surface area contributed by atoms with Crippen molar-refractivity contribution in [1.29, 1.82) is 0 Å². The van der Waals surface area contributed by atoms with Crippen molar-refractivity contribution in [3.05, 3.63) is 107 Å². The van der Waals surface area contributed by atoms with Crippen molar-refractivity contribution in [3.8, 4) is 17.2 Å². The van der Waals surface area contributed by atoms with Gasteiger partial charge in [0.15, 0.2) is 34.7 Å². The molecule has 4 aromatic rings. The van der Waals surface area contributed by atoms with Crippen LogP contribution in [0.4, 0.5) is 16.2 Å². The van der Waals surface area contributed by atoms with Gasteiger partial charge in [0.25, 0.3) is 21.8 Å². The first kappa shape index (κ1) is 62.5. The lowest BCUT2D eigenvalue weighted by atomic mass is 9.76. The van der Waals surface area contributed by atoms with Crippen LogP contribution in [0.2, 0.25) is 0 Å². The van der Waals surface area contributed by atoms with Gasteiger partial charge in [-0.1, -0.05) is 152 Å². The third kappa shape index (κ3) is 16.0. The molecule has 1 N–H and O–H groups in total. The lowest BCUT2D eigenvalue weighted by Gasteiger charge is -2.35. The van der Waals surface area contributed by atoms with E-state index in [0.717, 1.165) is 53.1 Å². The number of sulfonamides is 1. The summed E-state index contributed by atoms with van der Waals surface area (Å²) < 4.78 is 55.9. The molecule has 0 saturated carbocycles. The number of aryl methyl sites for hydroxylation is 1. The van der Waals surface area contributed by atoms with Crippen LogP contribution < -0.4 is 14.8 Å². The number of carbonyl (C=O) groups is 3. The van der Waals surface area contributed by atoms with E-state index in [1.807, 2.05) is 51.1 Å². The molecule has 4 unspecified atom stereocenters. The number of rotatable bonds is 24. The number of cyclic esters (lactones) is 1. The number of ether oxygens (including phenoxy) is 4. The molecule has 1 fully saturated rings. The van der Waals surface area contributed by atoms with Crippen molar-refractivity contribution in [2.75, 3.05) is 25.1 Å². The molecule has 2 heterocycles. The fraction of sp³-hybridized carbons (Fsp3) is 0.569. The van der Waals surface area contributed by atoms with Gasteiger partial charge in [-0.05, 0) is 157 Å². The molecule has 0 aliphatic carbocycles. The molecule has 0 bridgehead atoms. The Hall–Kier alpha value is -5.73. The first-order valence-corrected chi connectivity index (χ1v) is 30.0. The molecule has 2 aliphatic heterocycles. The minimum absolute atomic E-state index is 0.0527. The van der Waals surface area contributed by atoms with Crippen molar-refractivity contribution in [2.24, 2.45) is 33.6 Å². The van der Waals surface area contributed by atoms with Crippen molar-refractivity contribution in [1.82, 2.24) is 9.21 Å². The van der Waals surface area contributed by atoms with Gasteiger partial charge in [0.2, 0.25) is 0 Å². The number of fused-ring (bicyclic) bond motifs is 1. The van der Waals surface area contributed by atoms with Crippen molar-refractivity contribution in [3.63, 3.8) is 0 Å². The first-order valence-electron chi connectivity index (χ1n) is 28.5. The number of nitrogens with one attached hydrogen (secondary N) is 1. The molecular weight excluding hydrogens is 1010 g/mol. The summed E-state index contributed by atoms with van der Waals surface area (Å²) in [4.78, 5) is 49.3. The van der Waals surface area contributed by atoms with Crippen molar-refractivity contribution in [2.45, 2.75) is 197 Å². The molecular formula is C65H92N4O9S. The Morgan fingerprint density at radius 1 is 0.785 bits per heavy atom. The van der Waals surface area contributed by atoms with Gasteiger partial charge >= 0.3 is 6.09 Å². The molecule has 432 valence electrons. The zero-order valence-corrected chi connectivity index (χ0v) is 51.4. The molecule has 14 heteroatoms. The van der Waals surface area contributed by atoms with Gasteiger partial charge in [0.05, 0.1) is 24.6 Å². The number of para-hydroxylation sites is 3. The predicted molar refractivity (Wildman–Crippen MR) is 317 cm³/mol. The van der Waals surface area contributed by atoms with Crippen LogP contribution in [0.15, 0.2) is 94.8 Å². The van der Waals surface area contributed by atoms with Crippen molar-refractivity contribution < 1.29 is 41.7 Å². The summed E-state index contributed by atoms with van der Waals surface area (Å²) in [5.41, 5.74) is 2.94. The normalized spacial score (nSPS) is 17.1. The Labute approximate surface area is 473 Å². The van der Waals surface area contributed by atoms with E-state index in [4.69, 9.17) is 23.9 Å². The largest absolute Gasteiger partial charge is 0.489 e. The molecule has 4 atom stereocenters. The molecule has 4 aromatic carbocycles. The first-order chi connectivity index (χ1) is 36.7. The van der Waals surface area contributed by atoms with Gasteiger partial charge in [-0.15, -0.1) is 0 Å². The lowest BCUT2D eigenvalue weighted by molar-refractivity contribution is -0.137. The number of nitrogens with zero attached hydrogens (tertiary/aromatic N) is 3. The molecule has 1 saturated heterocycles. The Morgan fingerprint density at radius 2 is 1.43 bits per heavy atom. The average molecular weight is 1110 g/mol. The summed E-state index contributed by atoms with van der Waals surface area (Å²) in [6.07, 6.45) is 4.93. The third-order valence-electron chi connectivity index (χ3n) is 15.5. The average Bonchev–Trinajstić information content (AvgIpc) is 3.77. The topological polar surface area (TPSA) is 153 Å². The van der Waals surface area contributed by atoms with Crippen LogP contribution in [0.1, 0.15) is 178 Å². The number of amidine groups is 1. The molecule has 0 aromatic heterocycles. The SMILES string of the molecule is CCC(C)(C)c1ccc(COCCCCN2C(C(C(=O)Nc3cc(C(C)(C)C)ccc3Oc3ccccc3OCC(CCC(C)CC(C)(C)C)C(C)CC(C)(C)C)N3C(=O)OC(C)(C)C3=O)=Nc3ccccc3S2(=O)=O)c(C)c1. The summed E-state index contributed by atoms with van der Waals surface area (Å²) in [5.74, 6) is 0.345. The zero-order valence-electron chi connectivity index (χ0n) is 50.6. The number of unbranched alkanes of at least 4 members (excludes halogenated alkanes) is 1. The van der Waals surface area contributed by atoms with Gasteiger partial charge in [-0.3, -0.25) is 13.9 Å². The summed E-state index contributed by atoms with van der Waals surface area (Å²) in [7, 11) is -4.41. The van der Waals surface area contributed by atoms with E-state index in [9.17, 15) is 18.0 Å². The van der Waals surface area contributed by atoms with Crippen LogP contribution in [0.5, 0.6) is 17.2 Å². The minimum Gasteiger partial charge on any atom is -0.489 e. The number of benzene rings is 4. The fourth-order valence-electron chi connectivity index (χ4n) is 10.7. The van der Waals surface area contributed by atoms with Crippen LogP contribution in [-0.2, 0) is 46.5 Å². The Kier molecular flexibility index (Phi) is 19.7. The zero-order chi connectivity index (χ0) is 58.5. The quantitative estimate of drug-likeness (QED) is 0.0676. The Morgan fingerprint density at radius 3 is 2.05 bits per heavy atom. The second-order valence-electron chi connectivity index (χ2n) is 26.9. The van der Waals surface area contributed by atoms with E-state index in [2.05, 4.69) is 107 Å². The minimum atomic E-state index is -4.41. The van der Waals surface area contributed by atoms with E-state index in [1.165, 1.54) is 31.5 Å². The number of hydrogen-bond donors (Lipinski definition) is 1. The van der Waals surface area contributed by atoms with Crippen LogP contribution >= 0.6 is 0 Å². The monoisotopic (exact) mass is 1100 g/mol. The molecule has 2 aliphatic rings. The second kappa shape index (κ2) is 25.0. The second-order valence-corrected chi connectivity index (χ2v) is 28.7. The van der Waals surface area contributed by atoms with Crippen LogP contribution in [0.3, 0.4) is 0 Å². The highest BCUT2D eigenvalue weighted by Crippen LogP contribution is 2.42. The number of hydrogen-bond acceptors (Lipinski definition) is 10. The van der Waals surface area contributed by atoms with E-state index >= 15 is 4.79 Å². The molecule has 3 amide bonds. The van der Waals surface area contributed by atoms with Crippen molar-refractivity contribution >= 4 is 45.1 Å². The lowest BCUT2D eigenvalue weighted by Crippen LogP contribution is -2.59. The van der Waals surface area contributed by atoms with Crippen LogP contribution in [0, 0.1) is 35.5 Å². The van der Waals surface area contributed by atoms with E-state index in [-0.39, 0.29) is 56.6 Å². The Balaban J connectivity index is 1.32. The number of anilines is 1. The van der Waals surface area contributed by atoms with E-state index < -0.39 is 45.0 Å². The summed E-state index contributed by atoms with van der Waals surface area (Å²) in [6.45, 7) is 37.1. The number of amides is 3. The highest BCUT2D eigenvalue weighted by atomic mass is 32.2. The maximum atomic E-state index is 15.5. The predicted octanol–water partition coefficient (Wildman–Crippen LogP) is 15.5. The standard InChI is InChI=1S/C65H92N4O9S/c1-18-64(14,15)49-32-31-46(44(3)37-49)41-75-36-24-23-35-68-57(66-50-25-19-22-28-55(50)79(68,73)74)56(69-59(71)65(16,17)78-60(69)72)58(70)67-51-38-48(63(11,12)13)33-34-52(51)77-54-27-21-20-26-53(54)76-42-47(45(4)40-62(8,9)10)30-29-43(2)39-61(5,6)7/h19-22,25-28,31-34,37-38,43,45,47,56H,18,23-24,29-30,35-36,39-42H2,1-17H3,(H,67,70). The maximum absolute atomic E-state index is 15.5. The molecule has 0 spiro atoms. The summed E-state index contributed by atoms with van der Waals surface area (Å²) in [5, 5.41) is 3.00. The summed E-state index contributed by atoms with van der Waals surface area (Å²) >= 11 is 0. The van der Waals surface area contributed by atoms with E-state index in [0.29, 0.717) is 60.9 Å².